The van der Waals surface area contributed by atoms with E-state index in [9.17, 15) is 9.59 Å². The van der Waals surface area contributed by atoms with E-state index in [0.717, 1.165) is 22.4 Å². The van der Waals surface area contributed by atoms with E-state index in [4.69, 9.17) is 0 Å². The van der Waals surface area contributed by atoms with Crippen molar-refractivity contribution in [2.24, 2.45) is 7.05 Å². The molecule has 0 aliphatic carbocycles. The first-order valence-electron chi connectivity index (χ1n) is 8.08. The predicted octanol–water partition coefficient (Wildman–Crippen LogP) is 2.97. The molecular weight excluding hydrogens is 314 g/mol. The van der Waals surface area contributed by atoms with Crippen molar-refractivity contribution in [3.05, 3.63) is 82.6 Å². The second-order valence-electron chi connectivity index (χ2n) is 5.99. The van der Waals surface area contributed by atoms with Crippen LogP contribution in [0.5, 0.6) is 0 Å². The number of hydrogen-bond acceptors (Lipinski definition) is 2. The molecule has 124 valence electrons. The fraction of sp³-hybridized carbons (Fsp3) is 0.100. The summed E-state index contributed by atoms with van der Waals surface area (Å²) in [7, 11) is 1.91. The number of aromatic nitrogens is 2. The normalized spacial score (nSPS) is 11.1. The molecule has 2 heterocycles. The highest BCUT2D eigenvalue weighted by molar-refractivity contribution is 5.94. The summed E-state index contributed by atoms with van der Waals surface area (Å²) in [5, 5.41) is 2.84. The van der Waals surface area contributed by atoms with Gasteiger partial charge in [0.2, 0.25) is 5.91 Å². The van der Waals surface area contributed by atoms with Crippen LogP contribution < -0.4 is 10.7 Å². The van der Waals surface area contributed by atoms with Crippen molar-refractivity contribution in [1.82, 2.24) is 8.97 Å². The monoisotopic (exact) mass is 331 g/mol. The minimum absolute atomic E-state index is 0.0300. The number of imidazole rings is 1. The van der Waals surface area contributed by atoms with Gasteiger partial charge in [0.05, 0.1) is 23.0 Å². The Labute approximate surface area is 144 Å². The standard InChI is InChI=1S/C20H17N3O2/c1-22-16-9-5-6-10-17(16)23-12-11-18(24)15(20(22)23)13-19(25)21-14-7-3-2-4-8-14/h2-12H,13H2,1H3,(H,21,25). The van der Waals surface area contributed by atoms with Gasteiger partial charge < -0.3 is 14.3 Å². The van der Waals surface area contributed by atoms with E-state index in [1.54, 1.807) is 6.20 Å². The fourth-order valence-corrected chi connectivity index (χ4v) is 3.25. The number of amides is 1. The van der Waals surface area contributed by atoms with E-state index in [1.807, 2.05) is 70.6 Å². The number of anilines is 1. The van der Waals surface area contributed by atoms with Crippen LogP contribution in [0.1, 0.15) is 5.56 Å². The molecule has 0 spiro atoms. The van der Waals surface area contributed by atoms with Gasteiger partial charge in [-0.2, -0.15) is 0 Å². The molecule has 5 nitrogen and oxygen atoms in total. The van der Waals surface area contributed by atoms with Gasteiger partial charge in [-0.15, -0.1) is 0 Å². The highest BCUT2D eigenvalue weighted by Crippen LogP contribution is 2.21. The quantitative estimate of drug-likeness (QED) is 0.627. The molecular formula is C20H17N3O2. The smallest absolute Gasteiger partial charge is 0.229 e. The number of carbonyl (C=O) groups is 1. The van der Waals surface area contributed by atoms with E-state index in [2.05, 4.69) is 5.32 Å². The number of pyridine rings is 1. The van der Waals surface area contributed by atoms with Crippen LogP contribution in [0.15, 0.2) is 71.7 Å². The number of nitrogens with zero attached hydrogens (tertiary/aromatic N) is 2. The second kappa shape index (κ2) is 5.94. The summed E-state index contributed by atoms with van der Waals surface area (Å²) in [6.45, 7) is 0. The molecule has 2 aromatic carbocycles. The zero-order valence-electron chi connectivity index (χ0n) is 13.8. The number of nitrogens with one attached hydrogen (secondary N) is 1. The maximum Gasteiger partial charge on any atom is 0.229 e. The molecule has 0 atom stereocenters. The average molecular weight is 331 g/mol. The van der Waals surface area contributed by atoms with Gasteiger partial charge in [0.15, 0.2) is 5.43 Å². The van der Waals surface area contributed by atoms with Crippen molar-refractivity contribution in [2.75, 3.05) is 5.32 Å². The van der Waals surface area contributed by atoms with Crippen LogP contribution in [-0.2, 0) is 18.3 Å². The van der Waals surface area contributed by atoms with Crippen LogP contribution >= 0.6 is 0 Å². The third-order valence-electron chi connectivity index (χ3n) is 4.39. The average Bonchev–Trinajstić information content (AvgIpc) is 2.91. The van der Waals surface area contributed by atoms with Crippen molar-refractivity contribution >= 4 is 28.3 Å². The maximum absolute atomic E-state index is 12.4. The maximum atomic E-state index is 12.4. The van der Waals surface area contributed by atoms with Crippen molar-refractivity contribution in [2.45, 2.75) is 6.42 Å². The largest absolute Gasteiger partial charge is 0.328 e. The summed E-state index contributed by atoms with van der Waals surface area (Å²) in [5.74, 6) is -0.207. The molecule has 5 heteroatoms. The Morgan fingerprint density at radius 1 is 0.960 bits per heavy atom. The Kier molecular flexibility index (Phi) is 3.61. The zero-order chi connectivity index (χ0) is 17.4. The third-order valence-corrected chi connectivity index (χ3v) is 4.39. The van der Waals surface area contributed by atoms with Crippen molar-refractivity contribution in [3.8, 4) is 0 Å². The Bertz CT molecular complexity index is 1140. The number of carbonyl (C=O) groups excluding carboxylic acids is 1. The van der Waals surface area contributed by atoms with Gasteiger partial charge in [0.1, 0.15) is 5.65 Å². The molecule has 0 radical (unpaired) electrons. The molecule has 4 rings (SSSR count). The molecule has 0 fully saturated rings. The van der Waals surface area contributed by atoms with Gasteiger partial charge in [0.25, 0.3) is 0 Å². The summed E-state index contributed by atoms with van der Waals surface area (Å²) in [5.41, 5.74) is 3.85. The number of fused-ring (bicyclic) bond motifs is 3. The second-order valence-corrected chi connectivity index (χ2v) is 5.99. The van der Waals surface area contributed by atoms with Crippen molar-refractivity contribution < 1.29 is 4.79 Å². The fourth-order valence-electron chi connectivity index (χ4n) is 3.25. The van der Waals surface area contributed by atoms with Gasteiger partial charge in [0, 0.05) is 25.0 Å². The molecule has 0 saturated carbocycles. The molecule has 0 bridgehead atoms. The van der Waals surface area contributed by atoms with Gasteiger partial charge in [-0.05, 0) is 24.3 Å². The van der Waals surface area contributed by atoms with Crippen LogP contribution in [0, 0.1) is 0 Å². The van der Waals surface area contributed by atoms with Crippen LogP contribution in [0.3, 0.4) is 0 Å². The zero-order valence-corrected chi connectivity index (χ0v) is 13.8. The van der Waals surface area contributed by atoms with Crippen LogP contribution in [0.4, 0.5) is 5.69 Å². The molecule has 1 amide bonds. The molecule has 4 aromatic rings. The summed E-state index contributed by atoms with van der Waals surface area (Å²) < 4.78 is 3.92. The lowest BCUT2D eigenvalue weighted by Gasteiger charge is -2.07. The molecule has 1 N–H and O–H groups in total. The van der Waals surface area contributed by atoms with E-state index in [-0.39, 0.29) is 17.8 Å². The summed E-state index contributed by atoms with van der Waals surface area (Å²) in [4.78, 5) is 24.9. The predicted molar refractivity (Wildman–Crippen MR) is 98.9 cm³/mol. The van der Waals surface area contributed by atoms with E-state index >= 15 is 0 Å². The molecule has 2 aromatic heterocycles. The first-order valence-corrected chi connectivity index (χ1v) is 8.08. The van der Waals surface area contributed by atoms with Gasteiger partial charge >= 0.3 is 0 Å². The highest BCUT2D eigenvalue weighted by Gasteiger charge is 2.16. The number of hydrogen-bond donors (Lipinski definition) is 1. The minimum atomic E-state index is -0.207. The first kappa shape index (κ1) is 15.2. The van der Waals surface area contributed by atoms with E-state index < -0.39 is 0 Å². The van der Waals surface area contributed by atoms with Gasteiger partial charge in [-0.3, -0.25) is 9.59 Å². The molecule has 0 aliphatic rings. The third kappa shape index (κ3) is 2.59. The number of benzene rings is 2. The Balaban J connectivity index is 1.80. The minimum Gasteiger partial charge on any atom is -0.328 e. The van der Waals surface area contributed by atoms with E-state index in [0.29, 0.717) is 5.56 Å². The number of rotatable bonds is 3. The van der Waals surface area contributed by atoms with Gasteiger partial charge in [-0.1, -0.05) is 30.3 Å². The number of para-hydroxylation sites is 3. The Morgan fingerprint density at radius 3 is 2.40 bits per heavy atom. The molecule has 0 aliphatic heterocycles. The first-order chi connectivity index (χ1) is 12.1. The topological polar surface area (TPSA) is 55.5 Å². The van der Waals surface area contributed by atoms with E-state index in [1.165, 1.54) is 6.07 Å². The van der Waals surface area contributed by atoms with Crippen LogP contribution in [0.25, 0.3) is 16.7 Å². The lowest BCUT2D eigenvalue weighted by atomic mass is 10.1. The lowest BCUT2D eigenvalue weighted by Crippen LogP contribution is -2.21. The molecule has 25 heavy (non-hydrogen) atoms. The number of aryl methyl sites for hydroxylation is 1. The SMILES string of the molecule is Cn1c2ccccc2n2ccc(=O)c(CC(=O)Nc3ccccc3)c12. The summed E-state index contributed by atoms with van der Waals surface area (Å²) >= 11 is 0. The van der Waals surface area contributed by atoms with Crippen molar-refractivity contribution in [3.63, 3.8) is 0 Å². The summed E-state index contributed by atoms with van der Waals surface area (Å²) in [6.07, 6.45) is 1.79. The molecule has 0 unspecified atom stereocenters. The van der Waals surface area contributed by atoms with Crippen molar-refractivity contribution in [1.29, 1.82) is 0 Å². The Hall–Kier alpha value is -3.34. The lowest BCUT2D eigenvalue weighted by molar-refractivity contribution is -0.115. The van der Waals surface area contributed by atoms with Gasteiger partial charge in [-0.25, -0.2) is 0 Å². The summed E-state index contributed by atoms with van der Waals surface area (Å²) in [6, 6.07) is 18.7. The highest BCUT2D eigenvalue weighted by atomic mass is 16.1. The van der Waals surface area contributed by atoms with Crippen LogP contribution in [0.2, 0.25) is 0 Å². The Morgan fingerprint density at radius 2 is 1.64 bits per heavy atom. The van der Waals surface area contributed by atoms with Crippen LogP contribution in [-0.4, -0.2) is 14.9 Å². The molecule has 0 saturated heterocycles.